The van der Waals surface area contributed by atoms with Crippen LogP contribution in [-0.4, -0.2) is 26.5 Å². The van der Waals surface area contributed by atoms with Crippen LogP contribution in [0.3, 0.4) is 0 Å². The zero-order chi connectivity index (χ0) is 25.8. The summed E-state index contributed by atoms with van der Waals surface area (Å²) in [6.45, 7) is 2.66. The third-order valence-corrected chi connectivity index (χ3v) is 6.57. The van der Waals surface area contributed by atoms with Crippen LogP contribution in [0.4, 0.5) is 0 Å². The highest BCUT2D eigenvalue weighted by Gasteiger charge is 2.16. The number of fused-ring (bicyclic) bond motifs is 1. The van der Waals surface area contributed by atoms with Crippen molar-refractivity contribution < 1.29 is 14.7 Å². The van der Waals surface area contributed by atoms with E-state index < -0.39 is 5.97 Å². The van der Waals surface area contributed by atoms with Gasteiger partial charge in [-0.25, -0.2) is 9.78 Å². The van der Waals surface area contributed by atoms with Crippen molar-refractivity contribution in [3.8, 4) is 11.1 Å². The minimum atomic E-state index is -0.942. The van der Waals surface area contributed by atoms with Crippen LogP contribution in [-0.2, 0) is 6.54 Å². The van der Waals surface area contributed by atoms with Gasteiger partial charge in [0.1, 0.15) is 0 Å². The largest absolute Gasteiger partial charge is 0.478 e. The second-order valence-corrected chi connectivity index (χ2v) is 8.97. The van der Waals surface area contributed by atoms with Crippen LogP contribution >= 0.6 is 0 Å². The fourth-order valence-corrected chi connectivity index (χ4v) is 4.59. The highest BCUT2D eigenvalue weighted by atomic mass is 16.4. The summed E-state index contributed by atoms with van der Waals surface area (Å²) in [6, 6.07) is 30.4. The maximum absolute atomic E-state index is 13.0. The highest BCUT2D eigenvalue weighted by Crippen LogP contribution is 2.25. The monoisotopic (exact) mass is 489 g/mol. The number of amides is 1. The predicted octanol–water partition coefficient (Wildman–Crippen LogP) is 6.33. The van der Waals surface area contributed by atoms with Crippen LogP contribution in [0.2, 0.25) is 0 Å². The fraction of sp³-hybridized carbons (Fsp3) is 0.129. The Morgan fingerprint density at radius 3 is 2.38 bits per heavy atom. The van der Waals surface area contributed by atoms with E-state index in [-0.39, 0.29) is 17.5 Å². The molecule has 4 aromatic carbocycles. The third kappa shape index (κ3) is 5.14. The summed E-state index contributed by atoms with van der Waals surface area (Å²) in [5, 5.41) is 12.6. The lowest BCUT2D eigenvalue weighted by atomic mass is 9.99. The normalized spacial score (nSPS) is 11.8. The van der Waals surface area contributed by atoms with Crippen molar-refractivity contribution in [2.45, 2.75) is 25.9 Å². The van der Waals surface area contributed by atoms with E-state index in [2.05, 4.69) is 17.2 Å². The minimum absolute atomic E-state index is 0.0487. The molecule has 37 heavy (non-hydrogen) atoms. The molecule has 1 aromatic heterocycles. The molecule has 0 aliphatic carbocycles. The van der Waals surface area contributed by atoms with Crippen LogP contribution in [0.1, 0.15) is 51.2 Å². The van der Waals surface area contributed by atoms with Crippen molar-refractivity contribution in [3.05, 3.63) is 126 Å². The van der Waals surface area contributed by atoms with Gasteiger partial charge in [0, 0.05) is 12.1 Å². The standard InChI is InChI=1S/C31H27N3O3/c1-2-27(23-8-4-3-5-9-23)33-30(35)24-16-17-29-28(18-24)32-20-34(29)19-21-12-14-22(15-13-21)25-10-6-7-11-26(25)31(36)37/h3-18,20,27H,2,19H2,1H3,(H,33,35)(H,36,37). The number of carboxylic acids is 1. The molecule has 0 saturated heterocycles. The number of carboxylic acid groups (broad SMARTS) is 1. The topological polar surface area (TPSA) is 84.2 Å². The molecule has 0 aliphatic rings. The molecule has 1 atom stereocenters. The predicted molar refractivity (Wildman–Crippen MR) is 145 cm³/mol. The van der Waals surface area contributed by atoms with Crippen LogP contribution in [0, 0.1) is 0 Å². The number of nitrogens with zero attached hydrogens (tertiary/aromatic N) is 2. The molecule has 6 nitrogen and oxygen atoms in total. The molecule has 5 rings (SSSR count). The summed E-state index contributed by atoms with van der Waals surface area (Å²) in [6.07, 6.45) is 2.58. The first-order valence-electron chi connectivity index (χ1n) is 12.3. The van der Waals surface area contributed by atoms with Crippen molar-refractivity contribution in [2.75, 3.05) is 0 Å². The highest BCUT2D eigenvalue weighted by molar-refractivity contribution is 5.98. The van der Waals surface area contributed by atoms with E-state index in [1.54, 1.807) is 18.5 Å². The zero-order valence-corrected chi connectivity index (χ0v) is 20.5. The van der Waals surface area contributed by atoms with Crippen molar-refractivity contribution in [1.82, 2.24) is 14.9 Å². The number of imidazole rings is 1. The number of hydrogen-bond donors (Lipinski definition) is 2. The van der Waals surface area contributed by atoms with Crippen LogP contribution in [0.15, 0.2) is 103 Å². The van der Waals surface area contributed by atoms with Gasteiger partial charge < -0.3 is 15.0 Å². The van der Waals surface area contributed by atoms with Gasteiger partial charge in [0.05, 0.1) is 29.0 Å². The van der Waals surface area contributed by atoms with Crippen molar-refractivity contribution in [2.24, 2.45) is 0 Å². The van der Waals surface area contributed by atoms with E-state index in [4.69, 9.17) is 0 Å². The lowest BCUT2D eigenvalue weighted by Gasteiger charge is -2.17. The molecule has 0 saturated carbocycles. The average molecular weight is 490 g/mol. The Kier molecular flexibility index (Phi) is 6.81. The molecule has 1 unspecified atom stereocenters. The molecule has 0 fully saturated rings. The van der Waals surface area contributed by atoms with Gasteiger partial charge in [-0.05, 0) is 52.9 Å². The van der Waals surface area contributed by atoms with Crippen LogP contribution < -0.4 is 5.32 Å². The second kappa shape index (κ2) is 10.5. The van der Waals surface area contributed by atoms with E-state index in [9.17, 15) is 14.7 Å². The number of nitrogens with one attached hydrogen (secondary N) is 1. The van der Waals surface area contributed by atoms with Gasteiger partial charge >= 0.3 is 5.97 Å². The van der Waals surface area contributed by atoms with Crippen LogP contribution in [0.5, 0.6) is 0 Å². The quantitative estimate of drug-likeness (QED) is 0.267. The van der Waals surface area contributed by atoms with Gasteiger partial charge in [-0.2, -0.15) is 0 Å². The molecule has 0 radical (unpaired) electrons. The fourth-order valence-electron chi connectivity index (χ4n) is 4.59. The number of hydrogen-bond acceptors (Lipinski definition) is 3. The number of aromatic nitrogens is 2. The SMILES string of the molecule is CCC(NC(=O)c1ccc2c(c1)ncn2Cc1ccc(-c2ccccc2C(=O)O)cc1)c1ccccc1. The second-order valence-electron chi connectivity index (χ2n) is 8.97. The molecule has 0 spiro atoms. The average Bonchev–Trinajstić information content (AvgIpc) is 3.34. The van der Waals surface area contributed by atoms with E-state index in [0.717, 1.165) is 34.1 Å². The number of carbonyl (C=O) groups is 2. The summed E-state index contributed by atoms with van der Waals surface area (Å²) >= 11 is 0. The Balaban J connectivity index is 1.32. The molecule has 1 heterocycles. The molecule has 1 amide bonds. The van der Waals surface area contributed by atoms with Crippen molar-refractivity contribution in [3.63, 3.8) is 0 Å². The first kappa shape index (κ1) is 24.0. The van der Waals surface area contributed by atoms with Gasteiger partial charge in [0.2, 0.25) is 0 Å². The van der Waals surface area contributed by atoms with Crippen LogP contribution in [0.25, 0.3) is 22.2 Å². The third-order valence-electron chi connectivity index (χ3n) is 6.57. The molecule has 0 aliphatic heterocycles. The van der Waals surface area contributed by atoms with E-state index >= 15 is 0 Å². The summed E-state index contributed by atoms with van der Waals surface area (Å²) in [7, 11) is 0. The van der Waals surface area contributed by atoms with E-state index in [1.807, 2.05) is 89.5 Å². The minimum Gasteiger partial charge on any atom is -0.478 e. The number of carbonyl (C=O) groups excluding carboxylic acids is 1. The summed E-state index contributed by atoms with van der Waals surface area (Å²) in [4.78, 5) is 29.1. The Morgan fingerprint density at radius 1 is 0.919 bits per heavy atom. The van der Waals surface area contributed by atoms with Crippen molar-refractivity contribution >= 4 is 22.9 Å². The Bertz CT molecular complexity index is 1560. The molecule has 2 N–H and O–H groups in total. The Morgan fingerprint density at radius 2 is 1.65 bits per heavy atom. The maximum atomic E-state index is 13.0. The summed E-state index contributed by atoms with van der Waals surface area (Å²) < 4.78 is 2.04. The first-order chi connectivity index (χ1) is 18.0. The van der Waals surface area contributed by atoms with Gasteiger partial charge in [0.25, 0.3) is 5.91 Å². The lowest BCUT2D eigenvalue weighted by molar-refractivity contribution is 0.0697. The Labute approximate surface area is 215 Å². The Hall–Kier alpha value is -4.71. The summed E-state index contributed by atoms with van der Waals surface area (Å²) in [5.74, 6) is -1.06. The lowest BCUT2D eigenvalue weighted by Crippen LogP contribution is -2.28. The molecule has 6 heteroatoms. The molecular weight excluding hydrogens is 462 g/mol. The maximum Gasteiger partial charge on any atom is 0.336 e. The molecule has 5 aromatic rings. The van der Waals surface area contributed by atoms with Gasteiger partial charge in [-0.1, -0.05) is 79.7 Å². The molecular formula is C31H27N3O3. The van der Waals surface area contributed by atoms with E-state index in [1.165, 1.54) is 0 Å². The first-order valence-corrected chi connectivity index (χ1v) is 12.3. The number of rotatable bonds is 8. The van der Waals surface area contributed by atoms with Gasteiger partial charge in [-0.3, -0.25) is 4.79 Å². The van der Waals surface area contributed by atoms with Gasteiger partial charge in [-0.15, -0.1) is 0 Å². The van der Waals surface area contributed by atoms with E-state index in [0.29, 0.717) is 17.7 Å². The number of aromatic carboxylic acids is 1. The summed E-state index contributed by atoms with van der Waals surface area (Å²) in [5.41, 5.74) is 6.25. The smallest absolute Gasteiger partial charge is 0.336 e. The van der Waals surface area contributed by atoms with Gasteiger partial charge in [0.15, 0.2) is 0 Å². The zero-order valence-electron chi connectivity index (χ0n) is 20.5. The molecule has 184 valence electrons. The number of benzene rings is 4. The van der Waals surface area contributed by atoms with Crippen molar-refractivity contribution in [1.29, 1.82) is 0 Å². The molecule has 0 bridgehead atoms.